The van der Waals surface area contributed by atoms with Crippen LogP contribution in [0.1, 0.15) is 13.3 Å². The van der Waals surface area contributed by atoms with Crippen LogP contribution in [0.4, 0.5) is 5.13 Å². The molecule has 1 fully saturated rings. The van der Waals surface area contributed by atoms with Crippen LogP contribution in [0.25, 0.3) is 10.2 Å². The Morgan fingerprint density at radius 3 is 2.64 bits per heavy atom. The van der Waals surface area contributed by atoms with E-state index in [4.69, 9.17) is 9.47 Å². The molecule has 1 unspecified atom stereocenters. The molecule has 1 atom stereocenters. The lowest BCUT2D eigenvalue weighted by Crippen LogP contribution is -2.30. The van der Waals surface area contributed by atoms with Crippen LogP contribution < -0.4 is 14.4 Å². The van der Waals surface area contributed by atoms with Gasteiger partial charge in [0.1, 0.15) is 11.5 Å². The fourth-order valence-electron chi connectivity index (χ4n) is 2.96. The lowest BCUT2D eigenvalue weighted by atomic mass is 10.3. The van der Waals surface area contributed by atoms with E-state index in [-0.39, 0.29) is 18.2 Å². The van der Waals surface area contributed by atoms with Crippen LogP contribution >= 0.6 is 23.1 Å². The van der Waals surface area contributed by atoms with Gasteiger partial charge in [0.2, 0.25) is 11.8 Å². The third-order valence-electron chi connectivity index (χ3n) is 4.29. The predicted octanol–water partition coefficient (Wildman–Crippen LogP) is 4.13. The molecule has 8 heteroatoms. The highest BCUT2D eigenvalue weighted by atomic mass is 32.2. The van der Waals surface area contributed by atoms with E-state index < -0.39 is 5.25 Å². The maximum atomic E-state index is 12.9. The number of carbonyl (C=O) groups excluding carboxylic acids is 2. The molecule has 0 N–H and O–H groups in total. The summed E-state index contributed by atoms with van der Waals surface area (Å²) in [7, 11) is 1.59. The van der Waals surface area contributed by atoms with Crippen molar-refractivity contribution in [2.75, 3.05) is 18.6 Å². The minimum Gasteiger partial charge on any atom is -0.497 e. The Hall–Kier alpha value is -2.58. The summed E-state index contributed by atoms with van der Waals surface area (Å²) in [5.41, 5.74) is 0.711. The monoisotopic (exact) mass is 414 g/mol. The Balaban J connectivity index is 1.53. The number of benzene rings is 2. The van der Waals surface area contributed by atoms with Gasteiger partial charge in [-0.15, -0.1) is 11.8 Å². The molecular weight excluding hydrogens is 396 g/mol. The van der Waals surface area contributed by atoms with E-state index in [2.05, 4.69) is 4.98 Å². The number of carbonyl (C=O) groups is 2. The maximum Gasteiger partial charge on any atom is 0.249 e. The molecule has 2 amide bonds. The highest BCUT2D eigenvalue weighted by molar-refractivity contribution is 8.00. The second-order valence-electron chi connectivity index (χ2n) is 6.11. The van der Waals surface area contributed by atoms with Gasteiger partial charge >= 0.3 is 0 Å². The normalized spacial score (nSPS) is 16.8. The number of amides is 2. The first-order chi connectivity index (χ1) is 13.6. The standard InChI is InChI=1S/C20H18N2O4S2/c1-3-26-12-4-7-14(8-5-12)27-17-11-18(23)22(19(17)24)20-21-15-10-13(25-2)6-9-16(15)28-20/h4-10,17H,3,11H2,1-2H3. The second kappa shape index (κ2) is 7.81. The minimum atomic E-state index is -0.452. The van der Waals surface area contributed by atoms with Crippen molar-refractivity contribution >= 4 is 50.3 Å². The topological polar surface area (TPSA) is 68.7 Å². The average molecular weight is 415 g/mol. The van der Waals surface area contributed by atoms with E-state index in [0.717, 1.165) is 15.3 Å². The number of thiazole rings is 1. The summed E-state index contributed by atoms with van der Waals surface area (Å²) in [5.74, 6) is 1.02. The van der Waals surface area contributed by atoms with Crippen LogP contribution in [-0.2, 0) is 9.59 Å². The number of nitrogens with zero attached hydrogens (tertiary/aromatic N) is 2. The maximum absolute atomic E-state index is 12.9. The summed E-state index contributed by atoms with van der Waals surface area (Å²) in [5, 5.41) is -0.0416. The van der Waals surface area contributed by atoms with Gasteiger partial charge in [0.15, 0.2) is 5.13 Å². The predicted molar refractivity (Wildman–Crippen MR) is 111 cm³/mol. The quantitative estimate of drug-likeness (QED) is 0.565. The minimum absolute atomic E-state index is 0.163. The molecule has 0 bridgehead atoms. The van der Waals surface area contributed by atoms with Crippen LogP contribution in [0.15, 0.2) is 47.4 Å². The number of hydrogen-bond donors (Lipinski definition) is 0. The van der Waals surface area contributed by atoms with Crippen LogP contribution in [0.2, 0.25) is 0 Å². The Morgan fingerprint density at radius 2 is 1.93 bits per heavy atom. The van der Waals surface area contributed by atoms with Gasteiger partial charge in [0, 0.05) is 17.4 Å². The number of hydrogen-bond acceptors (Lipinski definition) is 7. The van der Waals surface area contributed by atoms with E-state index in [0.29, 0.717) is 23.0 Å². The largest absolute Gasteiger partial charge is 0.497 e. The summed E-state index contributed by atoms with van der Waals surface area (Å²) < 4.78 is 11.5. The van der Waals surface area contributed by atoms with Crippen molar-refractivity contribution in [1.82, 2.24) is 4.98 Å². The SMILES string of the molecule is CCOc1ccc(SC2CC(=O)N(c3nc4cc(OC)ccc4s3)C2=O)cc1. The van der Waals surface area contributed by atoms with Crippen molar-refractivity contribution in [1.29, 1.82) is 0 Å². The highest BCUT2D eigenvalue weighted by Gasteiger charge is 2.41. The summed E-state index contributed by atoms with van der Waals surface area (Å²) in [6.07, 6.45) is 0.163. The van der Waals surface area contributed by atoms with E-state index >= 15 is 0 Å². The highest BCUT2D eigenvalue weighted by Crippen LogP contribution is 2.38. The van der Waals surface area contributed by atoms with E-state index in [1.807, 2.05) is 43.3 Å². The van der Waals surface area contributed by atoms with Crippen LogP contribution in [-0.4, -0.2) is 35.8 Å². The Kier molecular flexibility index (Phi) is 5.23. The van der Waals surface area contributed by atoms with Gasteiger partial charge in [0.05, 0.1) is 29.2 Å². The summed E-state index contributed by atoms with van der Waals surface area (Å²) in [6, 6.07) is 13.1. The Labute approximate surface area is 170 Å². The van der Waals surface area contributed by atoms with E-state index in [1.54, 1.807) is 13.2 Å². The van der Waals surface area contributed by atoms with Crippen molar-refractivity contribution < 1.29 is 19.1 Å². The molecule has 1 aromatic heterocycles. The smallest absolute Gasteiger partial charge is 0.249 e. The number of ether oxygens (including phenoxy) is 2. The number of methoxy groups -OCH3 is 1. The van der Waals surface area contributed by atoms with Gasteiger partial charge in [-0.25, -0.2) is 9.88 Å². The van der Waals surface area contributed by atoms with E-state index in [1.165, 1.54) is 28.0 Å². The molecule has 1 saturated heterocycles. The summed E-state index contributed by atoms with van der Waals surface area (Å²) >= 11 is 2.72. The second-order valence-corrected chi connectivity index (χ2v) is 8.40. The average Bonchev–Trinajstić information content (AvgIpc) is 3.22. The molecule has 144 valence electrons. The van der Waals surface area contributed by atoms with E-state index in [9.17, 15) is 9.59 Å². The number of aromatic nitrogens is 1. The molecule has 2 aromatic carbocycles. The van der Waals surface area contributed by atoms with Crippen molar-refractivity contribution in [2.24, 2.45) is 0 Å². The van der Waals surface area contributed by atoms with Gasteiger partial charge in [-0.05, 0) is 43.3 Å². The first-order valence-electron chi connectivity index (χ1n) is 8.80. The van der Waals surface area contributed by atoms with Gasteiger partial charge in [-0.1, -0.05) is 11.3 Å². The molecule has 0 spiro atoms. The molecule has 0 radical (unpaired) electrons. The fraction of sp³-hybridized carbons (Fsp3) is 0.250. The molecule has 4 rings (SSSR count). The molecule has 28 heavy (non-hydrogen) atoms. The first kappa shape index (κ1) is 18.8. The Morgan fingerprint density at radius 1 is 1.18 bits per heavy atom. The zero-order valence-electron chi connectivity index (χ0n) is 15.4. The number of thioether (sulfide) groups is 1. The lowest BCUT2D eigenvalue weighted by molar-refractivity contribution is -0.121. The molecule has 1 aliphatic rings. The Bertz CT molecular complexity index is 1030. The van der Waals surface area contributed by atoms with Crippen LogP contribution in [0.5, 0.6) is 11.5 Å². The van der Waals surface area contributed by atoms with Crippen molar-refractivity contribution in [3.63, 3.8) is 0 Å². The lowest BCUT2D eigenvalue weighted by Gasteiger charge is -2.11. The van der Waals surface area contributed by atoms with Crippen molar-refractivity contribution in [2.45, 2.75) is 23.5 Å². The third kappa shape index (κ3) is 3.57. The van der Waals surface area contributed by atoms with Crippen molar-refractivity contribution in [3.8, 4) is 11.5 Å². The molecule has 1 aliphatic heterocycles. The van der Waals surface area contributed by atoms with Crippen LogP contribution in [0, 0.1) is 0 Å². The first-order valence-corrected chi connectivity index (χ1v) is 10.5. The van der Waals surface area contributed by atoms with Gasteiger partial charge in [-0.3, -0.25) is 9.59 Å². The number of anilines is 1. The molecule has 0 aliphatic carbocycles. The molecule has 2 heterocycles. The zero-order valence-corrected chi connectivity index (χ0v) is 17.0. The third-order valence-corrected chi connectivity index (χ3v) is 6.51. The molecule has 0 saturated carbocycles. The van der Waals surface area contributed by atoms with Gasteiger partial charge in [-0.2, -0.15) is 0 Å². The van der Waals surface area contributed by atoms with Gasteiger partial charge in [0.25, 0.3) is 0 Å². The number of fused-ring (bicyclic) bond motifs is 1. The van der Waals surface area contributed by atoms with Crippen molar-refractivity contribution in [3.05, 3.63) is 42.5 Å². The summed E-state index contributed by atoms with van der Waals surface area (Å²) in [4.78, 5) is 32.0. The molecular formula is C20H18N2O4S2. The molecule has 3 aromatic rings. The fourth-order valence-corrected chi connectivity index (χ4v) is 4.98. The number of rotatable bonds is 6. The number of imide groups is 1. The summed E-state index contributed by atoms with van der Waals surface area (Å²) in [6.45, 7) is 2.53. The van der Waals surface area contributed by atoms with Gasteiger partial charge < -0.3 is 9.47 Å². The zero-order chi connectivity index (χ0) is 19.7. The molecule has 6 nitrogen and oxygen atoms in total. The van der Waals surface area contributed by atoms with Crippen LogP contribution in [0.3, 0.4) is 0 Å².